The molecule has 2 aromatic heterocycles. The maximum Gasteiger partial charge on any atom is 0.234 e. The summed E-state index contributed by atoms with van der Waals surface area (Å²) in [5.74, 6) is 2.11. The van der Waals surface area contributed by atoms with E-state index >= 15 is 0 Å². The van der Waals surface area contributed by atoms with Crippen LogP contribution in [0, 0.1) is 5.92 Å². The third-order valence-electron chi connectivity index (χ3n) is 6.42. The maximum absolute atomic E-state index is 6.31. The topological polar surface area (TPSA) is 43.9 Å². The average molecular weight is 433 g/mol. The van der Waals surface area contributed by atoms with E-state index in [1.807, 2.05) is 24.3 Å². The molecule has 31 heavy (non-hydrogen) atoms. The lowest BCUT2D eigenvalue weighted by molar-refractivity contribution is 0.296. The first-order chi connectivity index (χ1) is 15.2. The van der Waals surface area contributed by atoms with Gasteiger partial charge in [0, 0.05) is 17.1 Å². The first-order valence-electron chi connectivity index (χ1n) is 11.2. The Kier molecular flexibility index (Phi) is 5.99. The molecule has 0 amide bonds. The number of hydrogen-bond acceptors (Lipinski definition) is 3. The zero-order valence-electron chi connectivity index (χ0n) is 17.6. The lowest BCUT2D eigenvalue weighted by Crippen LogP contribution is -2.13. The van der Waals surface area contributed by atoms with Gasteiger partial charge in [-0.3, -0.25) is 0 Å². The highest BCUT2D eigenvalue weighted by molar-refractivity contribution is 6.30. The van der Waals surface area contributed by atoms with Gasteiger partial charge in [0.25, 0.3) is 0 Å². The minimum absolute atomic E-state index is 0.0797. The zero-order chi connectivity index (χ0) is 21.0. The fourth-order valence-corrected chi connectivity index (χ4v) is 4.83. The van der Waals surface area contributed by atoms with Gasteiger partial charge in [-0.1, -0.05) is 85.3 Å². The van der Waals surface area contributed by atoms with Crippen LogP contribution in [0.4, 0.5) is 0 Å². The van der Waals surface area contributed by atoms with E-state index in [1.165, 1.54) is 37.7 Å². The first-order valence-corrected chi connectivity index (χ1v) is 11.6. The minimum atomic E-state index is 0.0797. The van der Waals surface area contributed by atoms with Gasteiger partial charge < -0.3 is 9.09 Å². The summed E-state index contributed by atoms with van der Waals surface area (Å²) in [7, 11) is 0. The van der Waals surface area contributed by atoms with E-state index in [4.69, 9.17) is 21.1 Å². The molecular formula is C26H27ClN3O-. The Hall–Kier alpha value is -2.72. The molecule has 0 radical (unpaired) electrons. The van der Waals surface area contributed by atoms with Crippen molar-refractivity contribution in [3.05, 3.63) is 89.0 Å². The summed E-state index contributed by atoms with van der Waals surface area (Å²) in [6, 6.07) is 18.5. The summed E-state index contributed by atoms with van der Waals surface area (Å²) in [6.45, 7) is 0.881. The van der Waals surface area contributed by atoms with E-state index in [-0.39, 0.29) is 5.92 Å². The second-order valence-electron chi connectivity index (χ2n) is 8.66. The maximum atomic E-state index is 6.31. The van der Waals surface area contributed by atoms with Crippen molar-refractivity contribution in [2.24, 2.45) is 5.92 Å². The van der Waals surface area contributed by atoms with E-state index in [1.54, 1.807) is 0 Å². The molecule has 0 N–H and O–H groups in total. The third kappa shape index (κ3) is 4.80. The van der Waals surface area contributed by atoms with Crippen molar-refractivity contribution in [1.82, 2.24) is 14.7 Å². The van der Waals surface area contributed by atoms with Crippen molar-refractivity contribution in [2.75, 3.05) is 0 Å². The van der Waals surface area contributed by atoms with Crippen LogP contribution in [0.1, 0.15) is 61.5 Å². The van der Waals surface area contributed by atoms with Crippen LogP contribution in [0.2, 0.25) is 5.02 Å². The molecule has 1 aliphatic carbocycles. The van der Waals surface area contributed by atoms with Gasteiger partial charge in [-0.2, -0.15) is 4.98 Å². The van der Waals surface area contributed by atoms with E-state index in [0.29, 0.717) is 17.6 Å². The predicted molar refractivity (Wildman–Crippen MR) is 123 cm³/mol. The summed E-state index contributed by atoms with van der Waals surface area (Å²) in [5, 5.41) is 5.07. The van der Waals surface area contributed by atoms with Crippen LogP contribution < -0.4 is 0 Å². The predicted octanol–water partition coefficient (Wildman–Crippen LogP) is 7.06. The number of rotatable bonds is 7. The molecule has 1 saturated carbocycles. The summed E-state index contributed by atoms with van der Waals surface area (Å²) < 4.78 is 7.97. The molecular weight excluding hydrogens is 406 g/mol. The lowest BCUT2D eigenvalue weighted by Gasteiger charge is -2.25. The molecule has 0 aliphatic heterocycles. The van der Waals surface area contributed by atoms with Crippen molar-refractivity contribution in [2.45, 2.75) is 51.0 Å². The van der Waals surface area contributed by atoms with Crippen molar-refractivity contribution in [1.29, 1.82) is 0 Å². The van der Waals surface area contributed by atoms with Crippen LogP contribution in [0.25, 0.3) is 11.4 Å². The van der Waals surface area contributed by atoms with Crippen LogP contribution in [-0.2, 0) is 6.54 Å². The van der Waals surface area contributed by atoms with Gasteiger partial charge in [0.2, 0.25) is 11.7 Å². The number of benzene rings is 2. The van der Waals surface area contributed by atoms with Gasteiger partial charge in [0.1, 0.15) is 0 Å². The van der Waals surface area contributed by atoms with Gasteiger partial charge in [-0.05, 0) is 35.6 Å². The average Bonchev–Trinajstić information content (AvgIpc) is 3.26. The molecule has 4 nitrogen and oxygen atoms in total. The summed E-state index contributed by atoms with van der Waals surface area (Å²) in [6.07, 6.45) is 11.7. The van der Waals surface area contributed by atoms with Gasteiger partial charge in [-0.15, -0.1) is 18.5 Å². The molecule has 0 bridgehead atoms. The molecule has 0 saturated heterocycles. The van der Waals surface area contributed by atoms with E-state index in [9.17, 15) is 0 Å². The molecule has 2 heterocycles. The highest BCUT2D eigenvalue weighted by atomic mass is 35.5. The van der Waals surface area contributed by atoms with Gasteiger partial charge in [0.05, 0.1) is 5.92 Å². The van der Waals surface area contributed by atoms with Crippen molar-refractivity contribution >= 4 is 11.6 Å². The Bertz CT molecular complexity index is 1090. The SMILES string of the molecule is Clc1cccc(C(CC2CCCCC2)c2nc(-c3ccc(Cn4cc[cH-]4)cc3)no2)c1. The van der Waals surface area contributed by atoms with Crippen LogP contribution in [-0.4, -0.2) is 14.7 Å². The van der Waals surface area contributed by atoms with Gasteiger partial charge in [0.15, 0.2) is 0 Å². The molecule has 1 fully saturated rings. The van der Waals surface area contributed by atoms with E-state index in [2.05, 4.69) is 52.4 Å². The Morgan fingerprint density at radius 3 is 2.61 bits per heavy atom. The largest absolute Gasteiger partial charge is 0.455 e. The Morgan fingerprint density at radius 1 is 1.10 bits per heavy atom. The van der Waals surface area contributed by atoms with Gasteiger partial charge >= 0.3 is 0 Å². The first kappa shape index (κ1) is 20.2. The fraction of sp³-hybridized carbons (Fsp3) is 0.346. The number of hydrogen-bond donors (Lipinski definition) is 0. The van der Waals surface area contributed by atoms with Crippen LogP contribution in [0.5, 0.6) is 0 Å². The van der Waals surface area contributed by atoms with E-state index in [0.717, 1.165) is 29.1 Å². The third-order valence-corrected chi connectivity index (χ3v) is 6.65. The van der Waals surface area contributed by atoms with Crippen LogP contribution >= 0.6 is 11.6 Å². The normalized spacial score (nSPS) is 15.9. The molecule has 5 heteroatoms. The summed E-state index contributed by atoms with van der Waals surface area (Å²) in [5.41, 5.74) is 3.38. The van der Waals surface area contributed by atoms with Crippen LogP contribution in [0.3, 0.4) is 0 Å². The standard InChI is InChI=1S/C26H27ClN3O/c27-23-9-4-8-22(17-23)24(16-19-6-2-1-3-7-19)26-28-25(29-31-26)21-12-10-20(11-13-21)18-30-14-5-15-30/h4-5,8-15,17,19,24H,1-3,6-7,16,18H2/q-1. The Labute approximate surface area is 188 Å². The molecule has 1 atom stereocenters. The van der Waals surface area contributed by atoms with Gasteiger partial charge in [-0.25, -0.2) is 0 Å². The highest BCUT2D eigenvalue weighted by Gasteiger charge is 2.26. The second-order valence-corrected chi connectivity index (χ2v) is 9.10. The van der Waals surface area contributed by atoms with E-state index < -0.39 is 0 Å². The summed E-state index contributed by atoms with van der Waals surface area (Å²) in [4.78, 5) is 4.82. The number of aromatic nitrogens is 3. The Balaban J connectivity index is 1.38. The molecule has 1 unspecified atom stereocenters. The molecule has 2 aromatic carbocycles. The quantitative estimate of drug-likeness (QED) is 0.293. The lowest BCUT2D eigenvalue weighted by atomic mass is 9.80. The van der Waals surface area contributed by atoms with Crippen molar-refractivity contribution in [3.63, 3.8) is 0 Å². The molecule has 5 rings (SSSR count). The minimum Gasteiger partial charge on any atom is -0.455 e. The molecule has 1 aliphatic rings. The zero-order valence-corrected chi connectivity index (χ0v) is 18.3. The summed E-state index contributed by atoms with van der Waals surface area (Å²) >= 11 is 6.31. The van der Waals surface area contributed by atoms with Crippen molar-refractivity contribution in [3.8, 4) is 11.4 Å². The fourth-order valence-electron chi connectivity index (χ4n) is 4.64. The number of nitrogens with zero attached hydrogens (tertiary/aromatic N) is 3. The monoisotopic (exact) mass is 432 g/mol. The highest BCUT2D eigenvalue weighted by Crippen LogP contribution is 2.37. The van der Waals surface area contributed by atoms with Crippen molar-refractivity contribution < 1.29 is 4.52 Å². The molecule has 4 aromatic rings. The molecule has 160 valence electrons. The van der Waals surface area contributed by atoms with Crippen LogP contribution in [0.15, 0.2) is 71.5 Å². The Morgan fingerprint density at radius 2 is 1.90 bits per heavy atom. The smallest absolute Gasteiger partial charge is 0.234 e. The molecule has 0 spiro atoms. The number of halogens is 1. The second kappa shape index (κ2) is 9.19.